The van der Waals surface area contributed by atoms with E-state index < -0.39 is 5.97 Å². The van der Waals surface area contributed by atoms with Crippen LogP contribution in [0.1, 0.15) is 16.1 Å². The standard InChI is InChI=1S/C13H15N5O3/c14-10-3-1-9(2-4-10)7-12(19)15-5-6-18-8-11(13(20)21)16-17-18/h1-4,8H,5-7,14H2,(H,15,19)(H,20,21). The van der Waals surface area contributed by atoms with Crippen molar-refractivity contribution in [2.45, 2.75) is 13.0 Å². The fourth-order valence-electron chi connectivity index (χ4n) is 1.70. The second-order valence-electron chi connectivity index (χ2n) is 4.44. The molecule has 0 saturated carbocycles. The highest BCUT2D eigenvalue weighted by molar-refractivity contribution is 5.84. The zero-order valence-electron chi connectivity index (χ0n) is 11.2. The van der Waals surface area contributed by atoms with Crippen LogP contribution in [0.25, 0.3) is 0 Å². The Labute approximate surface area is 120 Å². The number of anilines is 1. The fraction of sp³-hybridized carbons (Fsp3) is 0.231. The Balaban J connectivity index is 1.76. The van der Waals surface area contributed by atoms with Gasteiger partial charge in [0.25, 0.3) is 0 Å². The summed E-state index contributed by atoms with van der Waals surface area (Å²) in [5, 5.41) is 18.6. The minimum absolute atomic E-state index is 0.122. The van der Waals surface area contributed by atoms with Crippen LogP contribution in [0.5, 0.6) is 0 Å². The molecule has 0 bridgehead atoms. The number of nitrogens with two attached hydrogens (primary N) is 1. The van der Waals surface area contributed by atoms with Crippen LogP contribution < -0.4 is 11.1 Å². The van der Waals surface area contributed by atoms with Gasteiger partial charge in [0, 0.05) is 12.2 Å². The molecule has 0 fully saturated rings. The van der Waals surface area contributed by atoms with E-state index in [1.165, 1.54) is 10.9 Å². The molecule has 0 aliphatic heterocycles. The van der Waals surface area contributed by atoms with Gasteiger partial charge in [0.15, 0.2) is 5.69 Å². The van der Waals surface area contributed by atoms with Crippen molar-refractivity contribution in [1.82, 2.24) is 20.3 Å². The maximum Gasteiger partial charge on any atom is 0.358 e. The maximum absolute atomic E-state index is 11.7. The number of nitrogen functional groups attached to an aromatic ring is 1. The first kappa shape index (κ1) is 14.5. The molecule has 8 nitrogen and oxygen atoms in total. The van der Waals surface area contributed by atoms with Gasteiger partial charge in [-0.3, -0.25) is 4.79 Å². The van der Waals surface area contributed by atoms with Crippen LogP contribution in [-0.2, 0) is 17.8 Å². The second kappa shape index (κ2) is 6.51. The van der Waals surface area contributed by atoms with E-state index in [4.69, 9.17) is 10.8 Å². The topological polar surface area (TPSA) is 123 Å². The second-order valence-corrected chi connectivity index (χ2v) is 4.44. The predicted octanol–water partition coefficient (Wildman–Crippen LogP) is -0.0826. The van der Waals surface area contributed by atoms with Gasteiger partial charge in [-0.25, -0.2) is 9.48 Å². The molecule has 0 spiro atoms. The summed E-state index contributed by atoms with van der Waals surface area (Å²) in [6.07, 6.45) is 1.58. The van der Waals surface area contributed by atoms with Gasteiger partial charge in [-0.05, 0) is 17.7 Å². The van der Waals surface area contributed by atoms with Crippen molar-refractivity contribution >= 4 is 17.6 Å². The first-order chi connectivity index (χ1) is 10.0. The number of nitrogens with one attached hydrogen (secondary N) is 1. The van der Waals surface area contributed by atoms with Gasteiger partial charge < -0.3 is 16.2 Å². The van der Waals surface area contributed by atoms with E-state index in [0.29, 0.717) is 18.8 Å². The molecular formula is C13H15N5O3. The third-order valence-electron chi connectivity index (χ3n) is 2.77. The molecule has 2 aromatic rings. The lowest BCUT2D eigenvalue weighted by Crippen LogP contribution is -2.28. The summed E-state index contributed by atoms with van der Waals surface area (Å²) in [5.41, 5.74) is 6.97. The Kier molecular flexibility index (Phi) is 4.50. The molecule has 0 unspecified atom stereocenters. The molecule has 1 aromatic heterocycles. The average molecular weight is 289 g/mol. The number of carboxylic acids is 1. The summed E-state index contributed by atoms with van der Waals surface area (Å²) >= 11 is 0. The summed E-state index contributed by atoms with van der Waals surface area (Å²) in [4.78, 5) is 22.3. The predicted molar refractivity (Wildman–Crippen MR) is 74.5 cm³/mol. The zero-order valence-corrected chi connectivity index (χ0v) is 11.2. The van der Waals surface area contributed by atoms with Crippen molar-refractivity contribution in [2.24, 2.45) is 0 Å². The number of amides is 1. The third-order valence-corrected chi connectivity index (χ3v) is 2.77. The van der Waals surface area contributed by atoms with Gasteiger partial charge >= 0.3 is 5.97 Å². The molecule has 0 aliphatic carbocycles. The number of hydrogen-bond donors (Lipinski definition) is 3. The van der Waals surface area contributed by atoms with Crippen molar-refractivity contribution in [2.75, 3.05) is 12.3 Å². The molecule has 110 valence electrons. The lowest BCUT2D eigenvalue weighted by atomic mass is 10.1. The van der Waals surface area contributed by atoms with Crippen LogP contribution in [0, 0.1) is 0 Å². The average Bonchev–Trinajstić information content (AvgIpc) is 2.90. The van der Waals surface area contributed by atoms with Crippen LogP contribution in [-0.4, -0.2) is 38.5 Å². The maximum atomic E-state index is 11.7. The van der Waals surface area contributed by atoms with E-state index in [9.17, 15) is 9.59 Å². The van der Waals surface area contributed by atoms with E-state index >= 15 is 0 Å². The molecule has 0 radical (unpaired) electrons. The highest BCUT2D eigenvalue weighted by Crippen LogP contribution is 2.05. The van der Waals surface area contributed by atoms with E-state index in [-0.39, 0.29) is 18.0 Å². The monoisotopic (exact) mass is 289 g/mol. The zero-order chi connectivity index (χ0) is 15.2. The molecule has 2 rings (SSSR count). The molecule has 1 aromatic carbocycles. The van der Waals surface area contributed by atoms with Crippen molar-refractivity contribution in [3.63, 3.8) is 0 Å². The minimum Gasteiger partial charge on any atom is -0.476 e. The number of benzene rings is 1. The molecule has 4 N–H and O–H groups in total. The molecule has 1 amide bonds. The lowest BCUT2D eigenvalue weighted by Gasteiger charge is -2.05. The van der Waals surface area contributed by atoms with Crippen molar-refractivity contribution in [3.05, 3.63) is 41.7 Å². The van der Waals surface area contributed by atoms with E-state index in [2.05, 4.69) is 15.6 Å². The minimum atomic E-state index is -1.13. The fourth-order valence-corrected chi connectivity index (χ4v) is 1.70. The quantitative estimate of drug-likeness (QED) is 0.639. The normalized spacial score (nSPS) is 10.3. The van der Waals surface area contributed by atoms with Crippen molar-refractivity contribution < 1.29 is 14.7 Å². The summed E-state index contributed by atoms with van der Waals surface area (Å²) in [5.74, 6) is -1.26. The van der Waals surface area contributed by atoms with Crippen molar-refractivity contribution in [1.29, 1.82) is 0 Å². The van der Waals surface area contributed by atoms with Gasteiger partial charge in [-0.1, -0.05) is 17.3 Å². The Morgan fingerprint density at radius 2 is 2.00 bits per heavy atom. The number of rotatable bonds is 6. The number of aromatic nitrogens is 3. The van der Waals surface area contributed by atoms with Crippen LogP contribution in [0.4, 0.5) is 5.69 Å². The van der Waals surface area contributed by atoms with Crippen LogP contribution >= 0.6 is 0 Å². The number of carbonyl (C=O) groups excluding carboxylic acids is 1. The molecule has 1 heterocycles. The highest BCUT2D eigenvalue weighted by Gasteiger charge is 2.08. The van der Waals surface area contributed by atoms with Gasteiger partial charge in [0.05, 0.1) is 19.2 Å². The van der Waals surface area contributed by atoms with Gasteiger partial charge in [-0.2, -0.15) is 0 Å². The smallest absolute Gasteiger partial charge is 0.358 e. The highest BCUT2D eigenvalue weighted by atomic mass is 16.4. The SMILES string of the molecule is Nc1ccc(CC(=O)NCCn2cc(C(=O)O)nn2)cc1. The van der Waals surface area contributed by atoms with Crippen molar-refractivity contribution in [3.8, 4) is 0 Å². The van der Waals surface area contributed by atoms with Gasteiger partial charge in [-0.15, -0.1) is 5.10 Å². The number of nitrogens with zero attached hydrogens (tertiary/aromatic N) is 3. The van der Waals surface area contributed by atoms with E-state index in [1.807, 2.05) is 0 Å². The van der Waals surface area contributed by atoms with Gasteiger partial charge in [0.2, 0.25) is 5.91 Å². The van der Waals surface area contributed by atoms with Crippen LogP contribution in [0.2, 0.25) is 0 Å². The molecule has 0 atom stereocenters. The number of carbonyl (C=O) groups is 2. The molecular weight excluding hydrogens is 274 g/mol. The van der Waals surface area contributed by atoms with E-state index in [1.54, 1.807) is 24.3 Å². The summed E-state index contributed by atoms with van der Waals surface area (Å²) in [6, 6.07) is 7.08. The van der Waals surface area contributed by atoms with Gasteiger partial charge in [0.1, 0.15) is 0 Å². The Morgan fingerprint density at radius 1 is 1.29 bits per heavy atom. The summed E-state index contributed by atoms with van der Waals surface area (Å²) in [7, 11) is 0. The third kappa shape index (κ3) is 4.30. The largest absolute Gasteiger partial charge is 0.476 e. The van der Waals surface area contributed by atoms with E-state index in [0.717, 1.165) is 5.56 Å². The Morgan fingerprint density at radius 3 is 2.62 bits per heavy atom. The lowest BCUT2D eigenvalue weighted by molar-refractivity contribution is -0.120. The Hall–Kier alpha value is -2.90. The summed E-state index contributed by atoms with van der Waals surface area (Å²) in [6.45, 7) is 0.698. The molecule has 8 heteroatoms. The molecule has 0 aliphatic rings. The Bertz CT molecular complexity index is 636. The number of carboxylic acid groups (broad SMARTS) is 1. The summed E-state index contributed by atoms with van der Waals surface area (Å²) < 4.78 is 1.37. The first-order valence-corrected chi connectivity index (χ1v) is 6.29. The van der Waals surface area contributed by atoms with Crippen LogP contribution in [0.3, 0.4) is 0 Å². The number of hydrogen-bond acceptors (Lipinski definition) is 5. The molecule has 21 heavy (non-hydrogen) atoms. The molecule has 0 saturated heterocycles. The number of aromatic carboxylic acids is 1. The first-order valence-electron chi connectivity index (χ1n) is 6.29. The van der Waals surface area contributed by atoms with Crippen LogP contribution in [0.15, 0.2) is 30.5 Å².